The zero-order valence-corrected chi connectivity index (χ0v) is 11.0. The van der Waals surface area contributed by atoms with E-state index in [0.29, 0.717) is 26.1 Å². The molecule has 1 saturated heterocycles. The molecule has 0 aliphatic carbocycles. The van der Waals surface area contributed by atoms with Crippen molar-refractivity contribution in [1.82, 2.24) is 9.88 Å². The Bertz CT molecular complexity index is 686. The largest absolute Gasteiger partial charge is 0.361 e. The van der Waals surface area contributed by atoms with Crippen LogP contribution in [-0.2, 0) is 11.3 Å². The Balaban J connectivity index is 1.76. The van der Waals surface area contributed by atoms with Crippen LogP contribution in [0, 0.1) is 5.92 Å². The SMILES string of the molecule is [N-]=[N+]=NCC1CC(=O)N(Cc2cccc3[nH]ccc23)C1. The summed E-state index contributed by atoms with van der Waals surface area (Å²) in [4.78, 5) is 19.8. The number of aromatic nitrogens is 1. The van der Waals surface area contributed by atoms with Gasteiger partial charge in [0, 0.05) is 48.1 Å². The highest BCUT2D eigenvalue weighted by molar-refractivity contribution is 5.84. The summed E-state index contributed by atoms with van der Waals surface area (Å²) in [5.41, 5.74) is 10.6. The van der Waals surface area contributed by atoms with Gasteiger partial charge in [-0.05, 0) is 29.1 Å². The predicted octanol–water partition coefficient (Wildman–Crippen LogP) is 2.83. The van der Waals surface area contributed by atoms with E-state index in [1.54, 1.807) is 0 Å². The molecular weight excluding hydrogens is 254 g/mol. The number of nitrogens with zero attached hydrogens (tertiary/aromatic N) is 4. The summed E-state index contributed by atoms with van der Waals surface area (Å²) in [6.07, 6.45) is 2.38. The van der Waals surface area contributed by atoms with Crippen molar-refractivity contribution in [3.8, 4) is 0 Å². The van der Waals surface area contributed by atoms with Crippen LogP contribution in [0.25, 0.3) is 21.3 Å². The molecule has 0 bridgehead atoms. The summed E-state index contributed by atoms with van der Waals surface area (Å²) in [6, 6.07) is 8.09. The number of hydrogen-bond donors (Lipinski definition) is 1. The molecule has 20 heavy (non-hydrogen) atoms. The van der Waals surface area contributed by atoms with Crippen molar-refractivity contribution in [2.24, 2.45) is 11.0 Å². The average molecular weight is 269 g/mol. The molecule has 1 amide bonds. The van der Waals surface area contributed by atoms with Crippen LogP contribution in [0.5, 0.6) is 0 Å². The number of H-pyrrole nitrogens is 1. The van der Waals surface area contributed by atoms with Crippen LogP contribution < -0.4 is 0 Å². The zero-order chi connectivity index (χ0) is 13.9. The van der Waals surface area contributed by atoms with Crippen LogP contribution in [0.2, 0.25) is 0 Å². The molecule has 2 aromatic rings. The number of amides is 1. The number of hydrogen-bond acceptors (Lipinski definition) is 2. The molecule has 1 aromatic heterocycles. The molecule has 1 atom stereocenters. The lowest BCUT2D eigenvalue weighted by Crippen LogP contribution is -2.24. The molecule has 6 nitrogen and oxygen atoms in total. The summed E-state index contributed by atoms with van der Waals surface area (Å²) >= 11 is 0. The van der Waals surface area contributed by atoms with Gasteiger partial charge in [-0.2, -0.15) is 0 Å². The first-order chi connectivity index (χ1) is 9.78. The third-order valence-corrected chi connectivity index (χ3v) is 3.74. The number of likely N-dealkylation sites (tertiary alicyclic amines) is 1. The molecule has 0 saturated carbocycles. The van der Waals surface area contributed by atoms with Crippen LogP contribution in [0.1, 0.15) is 12.0 Å². The Kier molecular flexibility index (Phi) is 3.31. The first kappa shape index (κ1) is 12.6. The summed E-state index contributed by atoms with van der Waals surface area (Å²) in [5.74, 6) is 0.277. The molecule has 0 radical (unpaired) electrons. The number of aromatic amines is 1. The van der Waals surface area contributed by atoms with E-state index >= 15 is 0 Å². The van der Waals surface area contributed by atoms with E-state index in [4.69, 9.17) is 5.53 Å². The standard InChI is InChI=1S/C14H15N5O/c15-18-17-7-10-6-14(20)19(8-10)9-11-2-1-3-13-12(11)4-5-16-13/h1-5,10,16H,6-9H2. The quantitative estimate of drug-likeness (QED) is 0.516. The molecule has 1 aliphatic rings. The second-order valence-electron chi connectivity index (χ2n) is 5.11. The van der Waals surface area contributed by atoms with Gasteiger partial charge in [-0.3, -0.25) is 4.79 Å². The number of carbonyl (C=O) groups is 1. The van der Waals surface area contributed by atoms with Crippen molar-refractivity contribution in [1.29, 1.82) is 0 Å². The molecular formula is C14H15N5O. The Labute approximate surface area is 116 Å². The van der Waals surface area contributed by atoms with Gasteiger partial charge in [0.2, 0.25) is 5.91 Å². The lowest BCUT2D eigenvalue weighted by molar-refractivity contribution is -0.128. The Hall–Kier alpha value is -2.46. The van der Waals surface area contributed by atoms with Crippen LogP contribution in [0.3, 0.4) is 0 Å². The summed E-state index contributed by atoms with van der Waals surface area (Å²) in [7, 11) is 0. The van der Waals surface area contributed by atoms with Gasteiger partial charge in [0.15, 0.2) is 0 Å². The summed E-state index contributed by atoms with van der Waals surface area (Å²) in [6.45, 7) is 1.67. The number of fused-ring (bicyclic) bond motifs is 1. The lowest BCUT2D eigenvalue weighted by atomic mass is 10.1. The molecule has 1 aliphatic heterocycles. The normalized spacial score (nSPS) is 18.5. The van der Waals surface area contributed by atoms with Crippen molar-refractivity contribution in [2.75, 3.05) is 13.1 Å². The first-order valence-corrected chi connectivity index (χ1v) is 6.61. The third-order valence-electron chi connectivity index (χ3n) is 3.74. The average Bonchev–Trinajstić information content (AvgIpc) is 3.04. The number of carbonyl (C=O) groups excluding carboxylic acids is 1. The Morgan fingerprint density at radius 2 is 2.35 bits per heavy atom. The zero-order valence-electron chi connectivity index (χ0n) is 11.0. The van der Waals surface area contributed by atoms with Crippen molar-refractivity contribution in [3.63, 3.8) is 0 Å². The van der Waals surface area contributed by atoms with Crippen LogP contribution >= 0.6 is 0 Å². The number of rotatable bonds is 4. The molecule has 6 heteroatoms. The highest BCUT2D eigenvalue weighted by atomic mass is 16.2. The van der Waals surface area contributed by atoms with E-state index in [1.165, 1.54) is 0 Å². The second kappa shape index (κ2) is 5.27. The Morgan fingerprint density at radius 1 is 1.45 bits per heavy atom. The molecule has 3 rings (SSSR count). The van der Waals surface area contributed by atoms with Crippen molar-refractivity contribution >= 4 is 16.8 Å². The van der Waals surface area contributed by atoms with Gasteiger partial charge in [-0.1, -0.05) is 17.2 Å². The summed E-state index contributed by atoms with van der Waals surface area (Å²) in [5, 5.41) is 4.72. The van der Waals surface area contributed by atoms with E-state index in [2.05, 4.69) is 15.0 Å². The van der Waals surface area contributed by atoms with Crippen molar-refractivity contribution < 1.29 is 4.79 Å². The molecule has 0 spiro atoms. The molecule has 2 heterocycles. The van der Waals surface area contributed by atoms with E-state index in [1.807, 2.05) is 35.4 Å². The highest BCUT2D eigenvalue weighted by Gasteiger charge is 2.29. The van der Waals surface area contributed by atoms with E-state index < -0.39 is 0 Å². The highest BCUT2D eigenvalue weighted by Crippen LogP contribution is 2.24. The van der Waals surface area contributed by atoms with Crippen LogP contribution in [0.4, 0.5) is 0 Å². The number of azide groups is 1. The maximum absolute atomic E-state index is 12.0. The fourth-order valence-electron chi connectivity index (χ4n) is 2.78. The molecule has 1 fully saturated rings. The van der Waals surface area contributed by atoms with Gasteiger partial charge in [-0.15, -0.1) is 0 Å². The monoisotopic (exact) mass is 269 g/mol. The van der Waals surface area contributed by atoms with E-state index in [9.17, 15) is 4.79 Å². The number of benzene rings is 1. The minimum atomic E-state index is 0.135. The van der Waals surface area contributed by atoms with Crippen LogP contribution in [0.15, 0.2) is 35.6 Å². The lowest BCUT2D eigenvalue weighted by Gasteiger charge is -2.17. The van der Waals surface area contributed by atoms with Crippen molar-refractivity contribution in [3.05, 3.63) is 46.5 Å². The first-order valence-electron chi connectivity index (χ1n) is 6.61. The predicted molar refractivity (Wildman–Crippen MR) is 75.8 cm³/mol. The van der Waals surface area contributed by atoms with Crippen molar-refractivity contribution in [2.45, 2.75) is 13.0 Å². The second-order valence-corrected chi connectivity index (χ2v) is 5.11. The molecule has 1 N–H and O–H groups in total. The number of nitrogens with one attached hydrogen (secondary N) is 1. The van der Waals surface area contributed by atoms with Gasteiger partial charge in [0.25, 0.3) is 0 Å². The maximum atomic E-state index is 12.0. The smallest absolute Gasteiger partial charge is 0.223 e. The van der Waals surface area contributed by atoms with Gasteiger partial charge >= 0.3 is 0 Å². The van der Waals surface area contributed by atoms with Gasteiger partial charge in [0.05, 0.1) is 0 Å². The van der Waals surface area contributed by atoms with Gasteiger partial charge < -0.3 is 9.88 Å². The Morgan fingerprint density at radius 3 is 3.20 bits per heavy atom. The maximum Gasteiger partial charge on any atom is 0.223 e. The fourth-order valence-corrected chi connectivity index (χ4v) is 2.78. The minimum absolute atomic E-state index is 0.135. The van der Waals surface area contributed by atoms with E-state index in [0.717, 1.165) is 16.5 Å². The van der Waals surface area contributed by atoms with Gasteiger partial charge in [0.1, 0.15) is 0 Å². The molecule has 1 aromatic carbocycles. The van der Waals surface area contributed by atoms with Gasteiger partial charge in [-0.25, -0.2) is 0 Å². The van der Waals surface area contributed by atoms with Crippen LogP contribution in [-0.4, -0.2) is 28.9 Å². The summed E-state index contributed by atoms with van der Waals surface area (Å²) < 4.78 is 0. The topological polar surface area (TPSA) is 84.9 Å². The third kappa shape index (κ3) is 2.33. The molecule has 102 valence electrons. The molecule has 1 unspecified atom stereocenters. The fraction of sp³-hybridized carbons (Fsp3) is 0.357. The van der Waals surface area contributed by atoms with E-state index in [-0.39, 0.29) is 11.8 Å². The minimum Gasteiger partial charge on any atom is -0.361 e.